The van der Waals surface area contributed by atoms with E-state index in [1.807, 2.05) is 18.2 Å². The summed E-state index contributed by atoms with van der Waals surface area (Å²) in [7, 11) is 1.65. The molecule has 0 aliphatic heterocycles. The number of rotatable bonds is 5. The van der Waals surface area contributed by atoms with Crippen LogP contribution < -0.4 is 4.74 Å². The van der Waals surface area contributed by atoms with Gasteiger partial charge in [0.15, 0.2) is 0 Å². The lowest BCUT2D eigenvalue weighted by molar-refractivity contribution is 0.0555. The third-order valence-corrected chi connectivity index (χ3v) is 5.04. The number of methoxy groups -OCH3 is 1. The van der Waals surface area contributed by atoms with E-state index >= 15 is 0 Å². The van der Waals surface area contributed by atoms with Crippen molar-refractivity contribution >= 4 is 21.8 Å². The van der Waals surface area contributed by atoms with Crippen LogP contribution in [0.2, 0.25) is 0 Å². The summed E-state index contributed by atoms with van der Waals surface area (Å²) in [5.74, 6) is 0.899. The molecule has 1 amide bonds. The Balaban J connectivity index is 2.26. The fourth-order valence-corrected chi connectivity index (χ4v) is 3.78. The van der Waals surface area contributed by atoms with Gasteiger partial charge in [-0.15, -0.1) is 0 Å². The molecule has 122 valence electrons. The minimum absolute atomic E-state index is 0.126. The SMILES string of the molecule is COc1cc(C(=O)N(C(C)C)C2CCCCC2)ccc1CBr. The van der Waals surface area contributed by atoms with Gasteiger partial charge in [0.05, 0.1) is 7.11 Å². The van der Waals surface area contributed by atoms with E-state index < -0.39 is 0 Å². The highest BCUT2D eigenvalue weighted by molar-refractivity contribution is 9.08. The molecule has 1 aliphatic rings. The van der Waals surface area contributed by atoms with Crippen molar-refractivity contribution in [3.05, 3.63) is 29.3 Å². The maximum absolute atomic E-state index is 13.0. The Morgan fingerprint density at radius 3 is 2.55 bits per heavy atom. The van der Waals surface area contributed by atoms with Gasteiger partial charge in [0.1, 0.15) is 5.75 Å². The van der Waals surface area contributed by atoms with E-state index in [2.05, 4.69) is 34.7 Å². The molecule has 4 heteroatoms. The predicted octanol–water partition coefficient (Wildman–Crippen LogP) is 4.77. The Kier molecular flexibility index (Phi) is 6.30. The van der Waals surface area contributed by atoms with Gasteiger partial charge < -0.3 is 9.64 Å². The van der Waals surface area contributed by atoms with Gasteiger partial charge in [-0.05, 0) is 38.8 Å². The van der Waals surface area contributed by atoms with Crippen LogP contribution in [-0.4, -0.2) is 30.0 Å². The third-order valence-electron chi connectivity index (χ3n) is 4.44. The number of carbonyl (C=O) groups excluding carboxylic acids is 1. The van der Waals surface area contributed by atoms with E-state index in [4.69, 9.17) is 4.74 Å². The first-order valence-electron chi connectivity index (χ1n) is 8.14. The van der Waals surface area contributed by atoms with Crippen LogP contribution in [-0.2, 0) is 5.33 Å². The number of alkyl halides is 1. The number of halogens is 1. The monoisotopic (exact) mass is 367 g/mol. The minimum atomic E-state index is 0.126. The predicted molar refractivity (Wildman–Crippen MR) is 93.8 cm³/mol. The molecule has 1 aromatic carbocycles. The molecule has 0 heterocycles. The first-order valence-corrected chi connectivity index (χ1v) is 9.26. The van der Waals surface area contributed by atoms with Crippen molar-refractivity contribution in [3.8, 4) is 5.75 Å². The zero-order valence-corrected chi connectivity index (χ0v) is 15.4. The average Bonchev–Trinajstić information content (AvgIpc) is 2.54. The molecule has 0 atom stereocenters. The number of carbonyl (C=O) groups is 1. The molecule has 0 saturated heterocycles. The summed E-state index contributed by atoms with van der Waals surface area (Å²) in [6.45, 7) is 4.22. The maximum atomic E-state index is 13.0. The molecule has 1 aromatic rings. The molecular formula is C18H26BrNO2. The second-order valence-corrected chi connectivity index (χ2v) is 6.82. The van der Waals surface area contributed by atoms with Crippen molar-refractivity contribution in [3.63, 3.8) is 0 Å². The second-order valence-electron chi connectivity index (χ2n) is 6.26. The molecule has 1 aliphatic carbocycles. The molecule has 2 rings (SSSR count). The van der Waals surface area contributed by atoms with Crippen molar-refractivity contribution < 1.29 is 9.53 Å². The summed E-state index contributed by atoms with van der Waals surface area (Å²) in [5.41, 5.74) is 1.79. The molecule has 0 bridgehead atoms. The molecule has 0 N–H and O–H groups in total. The molecule has 22 heavy (non-hydrogen) atoms. The molecule has 0 aromatic heterocycles. The van der Waals surface area contributed by atoms with Gasteiger partial charge >= 0.3 is 0 Å². The Morgan fingerprint density at radius 2 is 2.00 bits per heavy atom. The third kappa shape index (κ3) is 3.83. The Labute approximate surface area is 142 Å². The van der Waals surface area contributed by atoms with Gasteiger partial charge in [-0.3, -0.25) is 4.79 Å². The van der Waals surface area contributed by atoms with Crippen LogP contribution in [0.15, 0.2) is 18.2 Å². The van der Waals surface area contributed by atoms with Crippen LogP contribution in [0.25, 0.3) is 0 Å². The number of ether oxygens (including phenoxy) is 1. The standard InChI is InChI=1S/C18H26BrNO2/c1-13(2)20(16-7-5-4-6-8-16)18(21)14-9-10-15(12-19)17(11-14)22-3/h9-11,13,16H,4-8,12H2,1-3H3. The van der Waals surface area contributed by atoms with Gasteiger partial charge in [0.25, 0.3) is 5.91 Å². The van der Waals surface area contributed by atoms with Crippen molar-refractivity contribution in [2.45, 2.75) is 63.4 Å². The first kappa shape index (κ1) is 17.3. The van der Waals surface area contributed by atoms with Gasteiger partial charge in [-0.2, -0.15) is 0 Å². The number of benzene rings is 1. The Bertz CT molecular complexity index is 510. The Morgan fingerprint density at radius 1 is 1.32 bits per heavy atom. The summed E-state index contributed by atoms with van der Waals surface area (Å²) in [6, 6.07) is 6.36. The second kappa shape index (κ2) is 8.00. The highest BCUT2D eigenvalue weighted by atomic mass is 79.9. The maximum Gasteiger partial charge on any atom is 0.254 e. The van der Waals surface area contributed by atoms with Gasteiger partial charge in [-0.25, -0.2) is 0 Å². The largest absolute Gasteiger partial charge is 0.496 e. The molecular weight excluding hydrogens is 342 g/mol. The topological polar surface area (TPSA) is 29.5 Å². The molecule has 0 unspecified atom stereocenters. The summed E-state index contributed by atoms with van der Waals surface area (Å²) < 4.78 is 5.41. The fourth-order valence-electron chi connectivity index (χ4n) is 3.32. The Hall–Kier alpha value is -1.03. The average molecular weight is 368 g/mol. The lowest BCUT2D eigenvalue weighted by Crippen LogP contribution is -2.45. The molecule has 1 fully saturated rings. The van der Waals surface area contributed by atoms with E-state index in [-0.39, 0.29) is 11.9 Å². The van der Waals surface area contributed by atoms with Gasteiger partial charge in [0, 0.05) is 28.5 Å². The molecule has 0 radical (unpaired) electrons. The van der Waals surface area contributed by atoms with Crippen molar-refractivity contribution in [2.75, 3.05) is 7.11 Å². The van der Waals surface area contributed by atoms with E-state index in [9.17, 15) is 4.79 Å². The van der Waals surface area contributed by atoms with E-state index in [1.54, 1.807) is 7.11 Å². The van der Waals surface area contributed by atoms with Crippen molar-refractivity contribution in [2.24, 2.45) is 0 Å². The number of hydrogen-bond donors (Lipinski definition) is 0. The minimum Gasteiger partial charge on any atom is -0.496 e. The van der Waals surface area contributed by atoms with E-state index in [0.717, 1.165) is 35.0 Å². The summed E-state index contributed by atoms with van der Waals surface area (Å²) >= 11 is 3.45. The van der Waals surface area contributed by atoms with Crippen LogP contribution in [0.5, 0.6) is 5.75 Å². The van der Waals surface area contributed by atoms with Crippen LogP contribution >= 0.6 is 15.9 Å². The normalized spacial score (nSPS) is 15.9. The summed E-state index contributed by atoms with van der Waals surface area (Å²) in [6.07, 6.45) is 6.01. The lowest BCUT2D eigenvalue weighted by Gasteiger charge is -2.37. The number of nitrogens with zero attached hydrogens (tertiary/aromatic N) is 1. The summed E-state index contributed by atoms with van der Waals surface area (Å²) in [5, 5.41) is 0.723. The zero-order chi connectivity index (χ0) is 16.1. The van der Waals surface area contributed by atoms with Crippen molar-refractivity contribution in [1.82, 2.24) is 4.90 Å². The lowest BCUT2D eigenvalue weighted by atomic mass is 9.92. The number of amides is 1. The van der Waals surface area contributed by atoms with Gasteiger partial charge in [0.2, 0.25) is 0 Å². The van der Waals surface area contributed by atoms with E-state index in [1.165, 1.54) is 19.3 Å². The summed E-state index contributed by atoms with van der Waals surface area (Å²) in [4.78, 5) is 15.1. The van der Waals surface area contributed by atoms with Crippen LogP contribution in [0, 0.1) is 0 Å². The number of hydrogen-bond acceptors (Lipinski definition) is 2. The first-order chi connectivity index (χ1) is 10.6. The quantitative estimate of drug-likeness (QED) is 0.701. The zero-order valence-electron chi connectivity index (χ0n) is 13.8. The molecule has 1 saturated carbocycles. The van der Waals surface area contributed by atoms with Crippen LogP contribution in [0.4, 0.5) is 0 Å². The highest BCUT2D eigenvalue weighted by Gasteiger charge is 2.28. The van der Waals surface area contributed by atoms with Crippen LogP contribution in [0.1, 0.15) is 61.9 Å². The van der Waals surface area contributed by atoms with Crippen LogP contribution in [0.3, 0.4) is 0 Å². The van der Waals surface area contributed by atoms with Crippen molar-refractivity contribution in [1.29, 1.82) is 0 Å². The molecule has 0 spiro atoms. The molecule has 3 nitrogen and oxygen atoms in total. The fraction of sp³-hybridized carbons (Fsp3) is 0.611. The van der Waals surface area contributed by atoms with E-state index in [0.29, 0.717) is 6.04 Å². The smallest absolute Gasteiger partial charge is 0.254 e. The highest BCUT2D eigenvalue weighted by Crippen LogP contribution is 2.28. The van der Waals surface area contributed by atoms with Gasteiger partial charge in [-0.1, -0.05) is 41.3 Å².